The van der Waals surface area contributed by atoms with Crippen LogP contribution in [-0.4, -0.2) is 18.8 Å². The highest BCUT2D eigenvalue weighted by Gasteiger charge is 2.26. The fourth-order valence-electron chi connectivity index (χ4n) is 1.95. The summed E-state index contributed by atoms with van der Waals surface area (Å²) in [6, 6.07) is 6.32. The summed E-state index contributed by atoms with van der Waals surface area (Å²) >= 11 is 0. The summed E-state index contributed by atoms with van der Waals surface area (Å²) in [7, 11) is 1.68. The van der Waals surface area contributed by atoms with E-state index < -0.39 is 0 Å². The second-order valence-corrected chi connectivity index (χ2v) is 6.19. The Labute approximate surface area is 111 Å². The number of hydrogen-bond donors (Lipinski definition) is 1. The lowest BCUT2D eigenvalue weighted by atomic mass is 9.77. The van der Waals surface area contributed by atoms with Crippen molar-refractivity contribution in [1.29, 1.82) is 0 Å². The van der Waals surface area contributed by atoms with Crippen molar-refractivity contribution in [2.75, 3.05) is 13.7 Å². The number of methoxy groups -OCH3 is 1. The number of aliphatic hydroxyl groups excluding tert-OH is 1. The van der Waals surface area contributed by atoms with E-state index in [4.69, 9.17) is 4.74 Å². The van der Waals surface area contributed by atoms with Crippen LogP contribution in [0.1, 0.15) is 52.2 Å². The largest absolute Gasteiger partial charge is 0.496 e. The summed E-state index contributed by atoms with van der Waals surface area (Å²) in [5.41, 5.74) is 2.23. The lowest BCUT2D eigenvalue weighted by molar-refractivity contribution is 0.214. The molecule has 0 aliphatic heterocycles. The number of rotatable bonds is 5. The van der Waals surface area contributed by atoms with Crippen molar-refractivity contribution in [2.45, 2.75) is 51.9 Å². The second-order valence-electron chi connectivity index (χ2n) is 6.19. The molecular formula is C16H26O2. The van der Waals surface area contributed by atoms with E-state index in [1.807, 2.05) is 19.9 Å². The van der Waals surface area contributed by atoms with Crippen molar-refractivity contribution in [3.05, 3.63) is 29.3 Å². The summed E-state index contributed by atoms with van der Waals surface area (Å²) in [6.45, 7) is 10.9. The average Bonchev–Trinajstić information content (AvgIpc) is 2.37. The molecule has 0 aromatic heterocycles. The van der Waals surface area contributed by atoms with Gasteiger partial charge in [0.25, 0.3) is 0 Å². The summed E-state index contributed by atoms with van der Waals surface area (Å²) in [4.78, 5) is 0. The van der Waals surface area contributed by atoms with Crippen molar-refractivity contribution < 1.29 is 9.84 Å². The highest BCUT2D eigenvalue weighted by atomic mass is 16.5. The molecule has 1 aromatic rings. The zero-order valence-electron chi connectivity index (χ0n) is 12.5. The van der Waals surface area contributed by atoms with Gasteiger partial charge in [-0.25, -0.2) is 0 Å². The maximum atomic E-state index is 9.56. The predicted octanol–water partition coefficient (Wildman–Crippen LogP) is 3.65. The minimum Gasteiger partial charge on any atom is -0.496 e. The van der Waals surface area contributed by atoms with Crippen LogP contribution in [0, 0.1) is 0 Å². The van der Waals surface area contributed by atoms with E-state index in [9.17, 15) is 5.11 Å². The molecule has 102 valence electrons. The Morgan fingerprint density at radius 3 is 2.17 bits per heavy atom. The smallest absolute Gasteiger partial charge is 0.122 e. The zero-order chi connectivity index (χ0) is 14.0. The molecule has 0 spiro atoms. The van der Waals surface area contributed by atoms with E-state index >= 15 is 0 Å². The van der Waals surface area contributed by atoms with E-state index in [1.165, 1.54) is 5.56 Å². The summed E-state index contributed by atoms with van der Waals surface area (Å²) < 4.78 is 5.42. The Morgan fingerprint density at radius 2 is 1.72 bits per heavy atom. The van der Waals surface area contributed by atoms with E-state index in [-0.39, 0.29) is 17.4 Å². The Bertz CT molecular complexity index is 406. The molecule has 0 unspecified atom stereocenters. The molecule has 2 nitrogen and oxygen atoms in total. The molecule has 1 N–H and O–H groups in total. The van der Waals surface area contributed by atoms with Gasteiger partial charge in [-0.05, 0) is 23.5 Å². The molecule has 0 radical (unpaired) electrons. The van der Waals surface area contributed by atoms with E-state index in [0.717, 1.165) is 17.7 Å². The van der Waals surface area contributed by atoms with Crippen LogP contribution in [0.5, 0.6) is 5.75 Å². The van der Waals surface area contributed by atoms with Gasteiger partial charge in [0.1, 0.15) is 5.75 Å². The molecule has 1 rings (SSSR count). The first-order valence-corrected chi connectivity index (χ1v) is 6.58. The van der Waals surface area contributed by atoms with Gasteiger partial charge in [-0.15, -0.1) is 0 Å². The Balaban J connectivity index is 3.35. The van der Waals surface area contributed by atoms with Crippen LogP contribution in [0.2, 0.25) is 0 Å². The van der Waals surface area contributed by atoms with Crippen LogP contribution in [0.3, 0.4) is 0 Å². The van der Waals surface area contributed by atoms with E-state index in [2.05, 4.69) is 32.9 Å². The van der Waals surface area contributed by atoms with Crippen LogP contribution >= 0.6 is 0 Å². The third-order valence-electron chi connectivity index (χ3n) is 3.99. The maximum absolute atomic E-state index is 9.56. The Morgan fingerprint density at radius 1 is 1.11 bits per heavy atom. The van der Waals surface area contributed by atoms with E-state index in [0.29, 0.717) is 0 Å². The second kappa shape index (κ2) is 5.31. The number of ether oxygens (including phenoxy) is 1. The van der Waals surface area contributed by atoms with Gasteiger partial charge < -0.3 is 9.84 Å². The Kier molecular flexibility index (Phi) is 4.44. The number of benzene rings is 1. The normalized spacial score (nSPS) is 12.6. The molecule has 0 fully saturated rings. The van der Waals surface area contributed by atoms with Crippen LogP contribution < -0.4 is 4.74 Å². The molecule has 18 heavy (non-hydrogen) atoms. The highest BCUT2D eigenvalue weighted by Crippen LogP contribution is 2.36. The molecular weight excluding hydrogens is 224 g/mol. The first-order valence-electron chi connectivity index (χ1n) is 6.58. The lowest BCUT2D eigenvalue weighted by Crippen LogP contribution is -2.24. The third kappa shape index (κ3) is 2.86. The Hall–Kier alpha value is -1.02. The molecule has 1 aromatic carbocycles. The minimum atomic E-state index is -0.287. The fourth-order valence-corrected chi connectivity index (χ4v) is 1.95. The highest BCUT2D eigenvalue weighted by molar-refractivity contribution is 5.44. The van der Waals surface area contributed by atoms with Crippen molar-refractivity contribution in [3.8, 4) is 5.75 Å². The summed E-state index contributed by atoms with van der Waals surface area (Å²) in [6.07, 6.45) is 1.08. The van der Waals surface area contributed by atoms with Gasteiger partial charge in [0.15, 0.2) is 0 Å². The SMILES string of the molecule is CCC(C)(C)c1ccc(OC)c(C(C)(C)CO)c1. The zero-order valence-corrected chi connectivity index (χ0v) is 12.5. The molecule has 0 aliphatic carbocycles. The van der Waals surface area contributed by atoms with Gasteiger partial charge in [0.05, 0.1) is 13.7 Å². The van der Waals surface area contributed by atoms with Crippen molar-refractivity contribution in [1.82, 2.24) is 0 Å². The lowest BCUT2D eigenvalue weighted by Gasteiger charge is -2.29. The molecule has 0 saturated carbocycles. The number of hydrogen-bond acceptors (Lipinski definition) is 2. The maximum Gasteiger partial charge on any atom is 0.122 e. The quantitative estimate of drug-likeness (QED) is 0.864. The van der Waals surface area contributed by atoms with Crippen LogP contribution in [0.15, 0.2) is 18.2 Å². The topological polar surface area (TPSA) is 29.5 Å². The van der Waals surface area contributed by atoms with Gasteiger partial charge in [0, 0.05) is 11.0 Å². The molecule has 2 heteroatoms. The molecule has 0 bridgehead atoms. The van der Waals surface area contributed by atoms with Crippen LogP contribution in [0.4, 0.5) is 0 Å². The summed E-state index contributed by atoms with van der Waals surface area (Å²) in [5.74, 6) is 0.852. The van der Waals surface area contributed by atoms with Crippen LogP contribution in [0.25, 0.3) is 0 Å². The van der Waals surface area contributed by atoms with Gasteiger partial charge in [0.2, 0.25) is 0 Å². The summed E-state index contributed by atoms with van der Waals surface area (Å²) in [5, 5.41) is 9.56. The van der Waals surface area contributed by atoms with Gasteiger partial charge in [-0.3, -0.25) is 0 Å². The monoisotopic (exact) mass is 250 g/mol. The average molecular weight is 250 g/mol. The molecule has 0 saturated heterocycles. The van der Waals surface area contributed by atoms with Crippen molar-refractivity contribution in [3.63, 3.8) is 0 Å². The first-order chi connectivity index (χ1) is 8.28. The predicted molar refractivity (Wildman–Crippen MR) is 76.4 cm³/mol. The molecule has 0 amide bonds. The van der Waals surface area contributed by atoms with Crippen molar-refractivity contribution in [2.24, 2.45) is 0 Å². The molecule has 0 aliphatic rings. The minimum absolute atomic E-state index is 0.110. The van der Waals surface area contributed by atoms with Gasteiger partial charge in [-0.2, -0.15) is 0 Å². The van der Waals surface area contributed by atoms with Gasteiger partial charge in [-0.1, -0.05) is 46.8 Å². The number of aliphatic hydroxyl groups is 1. The van der Waals surface area contributed by atoms with Crippen molar-refractivity contribution >= 4 is 0 Å². The fraction of sp³-hybridized carbons (Fsp3) is 0.625. The third-order valence-corrected chi connectivity index (χ3v) is 3.99. The molecule has 0 atom stereocenters. The van der Waals surface area contributed by atoms with E-state index in [1.54, 1.807) is 7.11 Å². The molecule has 0 heterocycles. The van der Waals surface area contributed by atoms with Gasteiger partial charge >= 0.3 is 0 Å². The first kappa shape index (κ1) is 15.0. The van der Waals surface area contributed by atoms with Crippen LogP contribution in [-0.2, 0) is 10.8 Å². The standard InChI is InChI=1S/C16H26O2/c1-7-15(2,3)12-8-9-14(18-6)13(10-12)16(4,5)11-17/h8-10,17H,7,11H2,1-6H3.